The minimum absolute atomic E-state index is 0.0362. The van der Waals surface area contributed by atoms with E-state index in [0.717, 1.165) is 31.4 Å². The van der Waals surface area contributed by atoms with Gasteiger partial charge in [-0.15, -0.1) is 0 Å². The fourth-order valence-corrected chi connectivity index (χ4v) is 2.79. The maximum atomic E-state index is 12.6. The van der Waals surface area contributed by atoms with Gasteiger partial charge in [-0.25, -0.2) is 4.79 Å². The number of piperidine rings is 1. The molecule has 1 amide bonds. The van der Waals surface area contributed by atoms with E-state index in [0.29, 0.717) is 18.8 Å². The number of nitrogens with one attached hydrogen (secondary N) is 1. The fourth-order valence-electron chi connectivity index (χ4n) is 2.79. The lowest BCUT2D eigenvalue weighted by Gasteiger charge is -2.37. The zero-order valence-electron chi connectivity index (χ0n) is 14.8. The summed E-state index contributed by atoms with van der Waals surface area (Å²) in [4.78, 5) is 14.1. The van der Waals surface area contributed by atoms with E-state index in [-0.39, 0.29) is 12.1 Å². The standard InChI is InChI=1S/C18H25F3N2O2/c1-17(2,3)25-16(24)23-11-5-4-6-15(23)12-22-14-9-7-13(8-10-14)18(19,20)21/h7-10,15,22H,4-6,11-12H2,1-3H3. The summed E-state index contributed by atoms with van der Waals surface area (Å²) in [6.45, 7) is 6.58. The van der Waals surface area contributed by atoms with Crippen LogP contribution >= 0.6 is 0 Å². The van der Waals surface area contributed by atoms with Gasteiger partial charge in [0.1, 0.15) is 5.60 Å². The number of alkyl halides is 3. The van der Waals surface area contributed by atoms with Crippen LogP contribution in [0, 0.1) is 0 Å². The number of halogens is 3. The highest BCUT2D eigenvalue weighted by atomic mass is 19.4. The van der Waals surface area contributed by atoms with Crippen LogP contribution in [0.2, 0.25) is 0 Å². The Morgan fingerprint density at radius 1 is 1.20 bits per heavy atom. The maximum absolute atomic E-state index is 12.6. The highest BCUT2D eigenvalue weighted by Crippen LogP contribution is 2.30. The molecule has 1 N–H and O–H groups in total. The normalized spacial score (nSPS) is 18.8. The van der Waals surface area contributed by atoms with Gasteiger partial charge in [0.2, 0.25) is 0 Å². The Morgan fingerprint density at radius 2 is 1.84 bits per heavy atom. The predicted octanol–water partition coefficient (Wildman–Crippen LogP) is 4.91. The van der Waals surface area contributed by atoms with Gasteiger partial charge in [0.05, 0.1) is 11.6 Å². The molecule has 0 radical (unpaired) electrons. The number of likely N-dealkylation sites (tertiary alicyclic amines) is 1. The van der Waals surface area contributed by atoms with Gasteiger partial charge in [-0.2, -0.15) is 13.2 Å². The van der Waals surface area contributed by atoms with Crippen LogP contribution in [0.5, 0.6) is 0 Å². The predicted molar refractivity (Wildman–Crippen MR) is 90.5 cm³/mol. The third-order valence-electron chi connectivity index (χ3n) is 4.01. The van der Waals surface area contributed by atoms with E-state index in [1.165, 1.54) is 12.1 Å². The summed E-state index contributed by atoms with van der Waals surface area (Å²) in [6, 6.07) is 4.88. The second-order valence-corrected chi connectivity index (χ2v) is 7.28. The molecule has 1 aromatic rings. The van der Waals surface area contributed by atoms with Crippen LogP contribution in [0.25, 0.3) is 0 Å². The Morgan fingerprint density at radius 3 is 2.40 bits per heavy atom. The molecule has 0 bridgehead atoms. The van der Waals surface area contributed by atoms with Gasteiger partial charge in [0.15, 0.2) is 0 Å². The molecule has 25 heavy (non-hydrogen) atoms. The number of ether oxygens (including phenoxy) is 1. The van der Waals surface area contributed by atoms with E-state index in [1.54, 1.807) is 4.90 Å². The Balaban J connectivity index is 1.96. The van der Waals surface area contributed by atoms with Crippen molar-refractivity contribution in [2.24, 2.45) is 0 Å². The first-order chi connectivity index (χ1) is 11.6. The van der Waals surface area contributed by atoms with Gasteiger partial charge in [-0.05, 0) is 64.3 Å². The molecule has 0 spiro atoms. The Bertz CT molecular complexity index is 579. The average Bonchev–Trinajstić information content (AvgIpc) is 2.51. The summed E-state index contributed by atoms with van der Waals surface area (Å²) in [7, 11) is 0. The summed E-state index contributed by atoms with van der Waals surface area (Å²) in [6.07, 6.45) is -1.90. The molecule has 1 unspecified atom stereocenters. The van der Waals surface area contributed by atoms with Gasteiger partial charge in [-0.1, -0.05) is 0 Å². The highest BCUT2D eigenvalue weighted by molar-refractivity contribution is 5.68. The third-order valence-corrected chi connectivity index (χ3v) is 4.01. The quantitative estimate of drug-likeness (QED) is 0.835. The average molecular weight is 358 g/mol. The zero-order chi connectivity index (χ0) is 18.7. The van der Waals surface area contributed by atoms with Crippen LogP contribution in [0.15, 0.2) is 24.3 Å². The van der Waals surface area contributed by atoms with E-state index in [9.17, 15) is 18.0 Å². The second kappa shape index (κ2) is 7.54. The molecule has 140 valence electrons. The van der Waals surface area contributed by atoms with Crippen molar-refractivity contribution in [2.45, 2.75) is 57.9 Å². The molecule has 1 atom stereocenters. The molecule has 1 saturated heterocycles. The summed E-state index contributed by atoms with van der Waals surface area (Å²) < 4.78 is 43.2. The molecule has 0 aromatic heterocycles. The third kappa shape index (κ3) is 5.83. The Hall–Kier alpha value is -1.92. The minimum atomic E-state index is -4.34. The Labute approximate surface area is 146 Å². The topological polar surface area (TPSA) is 41.6 Å². The molecule has 1 heterocycles. The lowest BCUT2D eigenvalue weighted by Crippen LogP contribution is -2.48. The number of rotatable bonds is 3. The van der Waals surface area contributed by atoms with Crippen LogP contribution in [0.4, 0.5) is 23.7 Å². The van der Waals surface area contributed by atoms with E-state index in [1.807, 2.05) is 20.8 Å². The lowest BCUT2D eigenvalue weighted by atomic mass is 10.0. The van der Waals surface area contributed by atoms with Crippen molar-refractivity contribution in [1.82, 2.24) is 4.90 Å². The minimum Gasteiger partial charge on any atom is -0.444 e. The monoisotopic (exact) mass is 358 g/mol. The van der Waals surface area contributed by atoms with E-state index in [2.05, 4.69) is 5.32 Å². The first-order valence-corrected chi connectivity index (χ1v) is 8.47. The van der Waals surface area contributed by atoms with Crippen molar-refractivity contribution in [3.8, 4) is 0 Å². The summed E-state index contributed by atoms with van der Waals surface area (Å²) in [5, 5.41) is 3.12. The largest absolute Gasteiger partial charge is 0.444 e. The van der Waals surface area contributed by atoms with Gasteiger partial charge < -0.3 is 15.0 Å². The van der Waals surface area contributed by atoms with Crippen LogP contribution < -0.4 is 5.32 Å². The number of carbonyl (C=O) groups excluding carboxylic acids is 1. The molecule has 0 aliphatic carbocycles. The van der Waals surface area contributed by atoms with Crippen LogP contribution in [0.3, 0.4) is 0 Å². The number of anilines is 1. The Kier molecular flexibility index (Phi) is 5.85. The first-order valence-electron chi connectivity index (χ1n) is 8.47. The SMILES string of the molecule is CC(C)(C)OC(=O)N1CCCCC1CNc1ccc(C(F)(F)F)cc1. The highest BCUT2D eigenvalue weighted by Gasteiger charge is 2.31. The van der Waals surface area contributed by atoms with Gasteiger partial charge >= 0.3 is 12.3 Å². The number of hydrogen-bond acceptors (Lipinski definition) is 3. The molecule has 7 heteroatoms. The van der Waals surface area contributed by atoms with Gasteiger partial charge in [-0.3, -0.25) is 0 Å². The van der Waals surface area contributed by atoms with Crippen molar-refractivity contribution in [2.75, 3.05) is 18.4 Å². The van der Waals surface area contributed by atoms with E-state index >= 15 is 0 Å². The molecule has 1 fully saturated rings. The first kappa shape index (κ1) is 19.4. The summed E-state index contributed by atoms with van der Waals surface area (Å²) in [5.41, 5.74) is -0.631. The molecule has 0 saturated carbocycles. The molecule has 1 aromatic carbocycles. The number of nitrogens with zero attached hydrogens (tertiary/aromatic N) is 1. The molecule has 4 nitrogen and oxygen atoms in total. The lowest BCUT2D eigenvalue weighted by molar-refractivity contribution is -0.137. The van der Waals surface area contributed by atoms with Crippen LogP contribution in [-0.4, -0.2) is 35.7 Å². The summed E-state index contributed by atoms with van der Waals surface area (Å²) in [5.74, 6) is 0. The van der Waals surface area contributed by atoms with E-state index < -0.39 is 17.3 Å². The number of carbonyl (C=O) groups is 1. The number of benzene rings is 1. The molecule has 1 aliphatic rings. The van der Waals surface area contributed by atoms with Crippen molar-refractivity contribution in [1.29, 1.82) is 0 Å². The fraction of sp³-hybridized carbons (Fsp3) is 0.611. The van der Waals surface area contributed by atoms with Crippen molar-refractivity contribution in [3.05, 3.63) is 29.8 Å². The van der Waals surface area contributed by atoms with Crippen molar-refractivity contribution in [3.63, 3.8) is 0 Å². The smallest absolute Gasteiger partial charge is 0.416 e. The van der Waals surface area contributed by atoms with Crippen LogP contribution in [0.1, 0.15) is 45.6 Å². The summed E-state index contributed by atoms with van der Waals surface area (Å²) >= 11 is 0. The van der Waals surface area contributed by atoms with Crippen LogP contribution in [-0.2, 0) is 10.9 Å². The molecule has 1 aliphatic heterocycles. The zero-order valence-corrected chi connectivity index (χ0v) is 14.8. The maximum Gasteiger partial charge on any atom is 0.416 e. The van der Waals surface area contributed by atoms with Gasteiger partial charge in [0.25, 0.3) is 0 Å². The molecular weight excluding hydrogens is 333 g/mol. The number of amides is 1. The second-order valence-electron chi connectivity index (χ2n) is 7.28. The molecular formula is C18H25F3N2O2. The molecule has 2 rings (SSSR count). The van der Waals surface area contributed by atoms with Gasteiger partial charge in [0, 0.05) is 18.8 Å². The number of hydrogen-bond donors (Lipinski definition) is 1. The van der Waals surface area contributed by atoms with Crippen molar-refractivity contribution >= 4 is 11.8 Å². The van der Waals surface area contributed by atoms with Crippen molar-refractivity contribution < 1.29 is 22.7 Å². The van der Waals surface area contributed by atoms with E-state index in [4.69, 9.17) is 4.74 Å².